The minimum atomic E-state index is -1.55. The van der Waals surface area contributed by atoms with E-state index in [2.05, 4.69) is 13.8 Å². The van der Waals surface area contributed by atoms with Crippen LogP contribution in [0.3, 0.4) is 0 Å². The van der Waals surface area contributed by atoms with Gasteiger partial charge in [-0.3, -0.25) is 0 Å². The molecule has 0 spiro atoms. The summed E-state index contributed by atoms with van der Waals surface area (Å²) in [6.45, 7) is 4.51. The SMILES string of the molecule is CCCCCCCC1CCC(C2CCC(C(OC(c3ccc(F)c(F)c3F)C3CCC(C4CCC(CCCCCCC)CC4)CC3)c3ccc(F)c(F)c3F)CC2)CC1. The molecular weight excluding hydrogens is 755 g/mol. The molecule has 4 aliphatic carbocycles. The Kier molecular flexibility index (Phi) is 18.5. The normalized spacial score (nSPS) is 29.0. The first-order valence-electron chi connectivity index (χ1n) is 24.6. The largest absolute Gasteiger partial charge is 0.365 e. The van der Waals surface area contributed by atoms with Gasteiger partial charge in [0, 0.05) is 11.1 Å². The van der Waals surface area contributed by atoms with Gasteiger partial charge in [0.05, 0.1) is 12.2 Å². The molecule has 6 rings (SSSR count). The molecule has 0 radical (unpaired) electrons. The molecule has 0 heterocycles. The monoisotopic (exact) mass is 831 g/mol. The van der Waals surface area contributed by atoms with Gasteiger partial charge in [0.1, 0.15) is 0 Å². The third-order valence-corrected chi connectivity index (χ3v) is 16.1. The van der Waals surface area contributed by atoms with E-state index in [1.54, 1.807) is 0 Å². The van der Waals surface area contributed by atoms with E-state index in [1.807, 2.05) is 0 Å². The molecule has 2 aromatic rings. The molecule has 4 fully saturated rings. The van der Waals surface area contributed by atoms with Crippen LogP contribution in [0.15, 0.2) is 24.3 Å². The van der Waals surface area contributed by atoms with Gasteiger partial charge in [-0.25, -0.2) is 26.3 Å². The maximum absolute atomic E-state index is 15.8. The van der Waals surface area contributed by atoms with Crippen molar-refractivity contribution in [2.75, 3.05) is 0 Å². The molecular formula is C52H76F6O. The van der Waals surface area contributed by atoms with Crippen molar-refractivity contribution in [3.05, 3.63) is 70.3 Å². The lowest BCUT2D eigenvalue weighted by atomic mass is 9.67. The number of hydrogen-bond donors (Lipinski definition) is 0. The van der Waals surface area contributed by atoms with E-state index >= 15 is 8.78 Å². The summed E-state index contributed by atoms with van der Waals surface area (Å²) in [4.78, 5) is 0. The van der Waals surface area contributed by atoms with Gasteiger partial charge in [0.2, 0.25) is 0 Å². The molecule has 332 valence electrons. The highest BCUT2D eigenvalue weighted by Gasteiger charge is 2.41. The van der Waals surface area contributed by atoms with Gasteiger partial charge < -0.3 is 4.74 Å². The standard InChI is InChI=1S/C52H76F6O/c1-3-5-7-9-11-13-35-15-19-37(20-16-35)39-23-27-41(28-24-39)51(43-31-33-45(53)49(57)47(43)55)59-52(44-32-34-46(54)50(58)48(44)56)42-29-25-40(26-30-42)38-21-17-36(18-22-38)14-12-10-8-6-4-2/h31-42,51-52H,3-30H2,1-2H3. The summed E-state index contributed by atoms with van der Waals surface area (Å²) in [6.07, 6.45) is 30.7. The van der Waals surface area contributed by atoms with Crippen LogP contribution < -0.4 is 0 Å². The van der Waals surface area contributed by atoms with Crippen LogP contribution in [0.1, 0.15) is 217 Å². The number of hydrogen-bond acceptors (Lipinski definition) is 1. The zero-order valence-corrected chi connectivity index (χ0v) is 36.6. The highest BCUT2D eigenvalue weighted by Crippen LogP contribution is 2.51. The fourth-order valence-electron chi connectivity index (χ4n) is 12.4. The van der Waals surface area contributed by atoms with Crippen LogP contribution in [0.25, 0.3) is 0 Å². The third kappa shape index (κ3) is 12.6. The minimum Gasteiger partial charge on any atom is -0.365 e. The zero-order chi connectivity index (χ0) is 41.7. The number of benzene rings is 2. The first kappa shape index (κ1) is 46.5. The molecule has 59 heavy (non-hydrogen) atoms. The molecule has 7 heteroatoms. The fourth-order valence-corrected chi connectivity index (χ4v) is 12.4. The van der Waals surface area contributed by atoms with Gasteiger partial charge in [0.15, 0.2) is 34.9 Å². The van der Waals surface area contributed by atoms with E-state index in [0.717, 1.165) is 75.3 Å². The smallest absolute Gasteiger partial charge is 0.194 e. The fraction of sp³-hybridized carbons (Fsp3) is 0.769. The highest BCUT2D eigenvalue weighted by atomic mass is 19.2. The number of unbranched alkanes of at least 4 members (excludes halogenated alkanes) is 8. The third-order valence-electron chi connectivity index (χ3n) is 16.1. The Hall–Kier alpha value is -2.02. The molecule has 2 aromatic carbocycles. The molecule has 4 saturated carbocycles. The lowest BCUT2D eigenvalue weighted by Crippen LogP contribution is -2.32. The molecule has 2 unspecified atom stereocenters. The van der Waals surface area contributed by atoms with Crippen molar-refractivity contribution in [2.45, 2.75) is 206 Å². The van der Waals surface area contributed by atoms with Crippen molar-refractivity contribution < 1.29 is 31.1 Å². The van der Waals surface area contributed by atoms with Gasteiger partial charge in [-0.2, -0.15) is 0 Å². The second-order valence-electron chi connectivity index (χ2n) is 19.8. The van der Waals surface area contributed by atoms with Crippen molar-refractivity contribution in [2.24, 2.45) is 47.3 Å². The maximum atomic E-state index is 15.8. The summed E-state index contributed by atoms with van der Waals surface area (Å²) < 4.78 is 97.2. The number of rotatable bonds is 20. The predicted octanol–water partition coefficient (Wildman–Crippen LogP) is 17.3. The predicted molar refractivity (Wildman–Crippen MR) is 228 cm³/mol. The summed E-state index contributed by atoms with van der Waals surface area (Å²) >= 11 is 0. The van der Waals surface area contributed by atoms with Crippen molar-refractivity contribution in [3.8, 4) is 0 Å². The van der Waals surface area contributed by atoms with Crippen LogP contribution >= 0.6 is 0 Å². The summed E-state index contributed by atoms with van der Waals surface area (Å²) in [5.41, 5.74) is -0.147. The molecule has 0 amide bonds. The van der Waals surface area contributed by atoms with Crippen LogP contribution in [-0.2, 0) is 4.74 Å². The van der Waals surface area contributed by atoms with Crippen LogP contribution in [-0.4, -0.2) is 0 Å². The Morgan fingerprint density at radius 2 is 0.729 bits per heavy atom. The van der Waals surface area contributed by atoms with Gasteiger partial charge in [0.25, 0.3) is 0 Å². The summed E-state index contributed by atoms with van der Waals surface area (Å²) in [5, 5.41) is 0. The van der Waals surface area contributed by atoms with Crippen LogP contribution in [0.4, 0.5) is 26.3 Å². The Bertz CT molecular complexity index is 1420. The van der Waals surface area contributed by atoms with E-state index in [-0.39, 0.29) is 23.0 Å². The van der Waals surface area contributed by atoms with Crippen molar-refractivity contribution in [1.29, 1.82) is 0 Å². The first-order valence-corrected chi connectivity index (χ1v) is 24.6. The van der Waals surface area contributed by atoms with Gasteiger partial charge >= 0.3 is 0 Å². The number of ether oxygens (including phenoxy) is 1. The lowest BCUT2D eigenvalue weighted by Gasteiger charge is -2.43. The lowest BCUT2D eigenvalue weighted by molar-refractivity contribution is -0.0963. The molecule has 4 aliphatic rings. The summed E-state index contributed by atoms with van der Waals surface area (Å²) in [6, 6.07) is 4.42. The van der Waals surface area contributed by atoms with E-state index in [4.69, 9.17) is 4.74 Å². The number of halogens is 6. The Morgan fingerprint density at radius 3 is 1.07 bits per heavy atom. The van der Waals surface area contributed by atoms with E-state index in [1.165, 1.54) is 141 Å². The van der Waals surface area contributed by atoms with E-state index in [0.29, 0.717) is 23.7 Å². The van der Waals surface area contributed by atoms with Crippen molar-refractivity contribution in [3.63, 3.8) is 0 Å². The molecule has 0 aromatic heterocycles. The quantitative estimate of drug-likeness (QED) is 0.0734. The highest BCUT2D eigenvalue weighted by molar-refractivity contribution is 5.26. The molecule has 0 aliphatic heterocycles. The Morgan fingerprint density at radius 1 is 0.407 bits per heavy atom. The van der Waals surface area contributed by atoms with Gasteiger partial charge in [-0.1, -0.05) is 129 Å². The van der Waals surface area contributed by atoms with E-state index < -0.39 is 47.1 Å². The Balaban J connectivity index is 1.12. The molecule has 0 N–H and O–H groups in total. The van der Waals surface area contributed by atoms with E-state index in [9.17, 15) is 17.6 Å². The topological polar surface area (TPSA) is 9.23 Å². The average Bonchev–Trinajstić information content (AvgIpc) is 3.26. The zero-order valence-electron chi connectivity index (χ0n) is 36.6. The maximum Gasteiger partial charge on any atom is 0.194 e. The average molecular weight is 831 g/mol. The van der Waals surface area contributed by atoms with Crippen LogP contribution in [0.5, 0.6) is 0 Å². The first-order chi connectivity index (χ1) is 28.7. The summed E-state index contributed by atoms with van der Waals surface area (Å²) in [5.74, 6) is -4.52. The van der Waals surface area contributed by atoms with Crippen LogP contribution in [0, 0.1) is 82.2 Å². The van der Waals surface area contributed by atoms with Crippen LogP contribution in [0.2, 0.25) is 0 Å². The molecule has 2 atom stereocenters. The van der Waals surface area contributed by atoms with Crippen molar-refractivity contribution in [1.82, 2.24) is 0 Å². The molecule has 0 saturated heterocycles. The van der Waals surface area contributed by atoms with Gasteiger partial charge in [-0.05, 0) is 137 Å². The minimum absolute atomic E-state index is 0.0735. The second kappa shape index (κ2) is 23.4. The van der Waals surface area contributed by atoms with Gasteiger partial charge in [-0.15, -0.1) is 0 Å². The second-order valence-corrected chi connectivity index (χ2v) is 19.8. The Labute approximate surface area is 353 Å². The molecule has 1 nitrogen and oxygen atoms in total. The van der Waals surface area contributed by atoms with Crippen molar-refractivity contribution >= 4 is 0 Å². The summed E-state index contributed by atoms with van der Waals surface area (Å²) in [7, 11) is 0. The molecule has 0 bridgehead atoms.